The zero-order chi connectivity index (χ0) is 20.8. The molecule has 3 rings (SSSR count). The molecule has 1 aliphatic heterocycles. The topological polar surface area (TPSA) is 73.7 Å². The van der Waals surface area contributed by atoms with Gasteiger partial charge >= 0.3 is 0 Å². The molecule has 1 fully saturated rings. The zero-order valence-corrected chi connectivity index (χ0v) is 16.9. The zero-order valence-electron chi connectivity index (χ0n) is 16.9. The summed E-state index contributed by atoms with van der Waals surface area (Å²) in [6, 6.07) is 13.5. The summed E-state index contributed by atoms with van der Waals surface area (Å²) in [7, 11) is 0. The molecule has 6 nitrogen and oxygen atoms in total. The van der Waals surface area contributed by atoms with E-state index in [1.807, 2.05) is 12.1 Å². The highest BCUT2D eigenvalue weighted by molar-refractivity contribution is 6.46. The number of Topliss-reactive ketones (excluding diaryl/α,β-unsaturated/α-hetero) is 1. The van der Waals surface area contributed by atoms with Gasteiger partial charge in [-0.05, 0) is 38.2 Å². The summed E-state index contributed by atoms with van der Waals surface area (Å²) >= 11 is 0. The van der Waals surface area contributed by atoms with E-state index in [1.54, 1.807) is 47.5 Å². The van der Waals surface area contributed by atoms with Crippen molar-refractivity contribution in [3.63, 3.8) is 0 Å². The minimum atomic E-state index is -0.687. The average molecular weight is 393 g/mol. The summed E-state index contributed by atoms with van der Waals surface area (Å²) in [6.45, 7) is 7.34. The summed E-state index contributed by atoms with van der Waals surface area (Å²) in [5, 5.41) is 10.9. The van der Waals surface area contributed by atoms with Crippen molar-refractivity contribution in [3.05, 3.63) is 71.6 Å². The lowest BCUT2D eigenvalue weighted by Gasteiger charge is -2.26. The number of rotatable bonds is 8. The van der Waals surface area contributed by atoms with Gasteiger partial charge in [0.2, 0.25) is 0 Å². The number of aromatic nitrogens is 1. The quantitative estimate of drug-likeness (QED) is 0.423. The van der Waals surface area contributed by atoms with E-state index < -0.39 is 17.7 Å². The minimum Gasteiger partial charge on any atom is -0.507 e. The first-order valence-corrected chi connectivity index (χ1v) is 10.1. The van der Waals surface area contributed by atoms with Crippen LogP contribution in [0.1, 0.15) is 37.6 Å². The van der Waals surface area contributed by atoms with Crippen LogP contribution in [0.15, 0.2) is 60.3 Å². The Kier molecular flexibility index (Phi) is 6.77. The van der Waals surface area contributed by atoms with Crippen molar-refractivity contribution in [2.75, 3.05) is 26.2 Å². The Balaban J connectivity index is 1.98. The van der Waals surface area contributed by atoms with Gasteiger partial charge in [-0.3, -0.25) is 14.6 Å². The number of pyridine rings is 1. The van der Waals surface area contributed by atoms with Crippen molar-refractivity contribution in [2.45, 2.75) is 26.3 Å². The Bertz CT molecular complexity index is 877. The van der Waals surface area contributed by atoms with Gasteiger partial charge in [-0.1, -0.05) is 50.2 Å². The first kappa shape index (κ1) is 20.7. The molecule has 2 heterocycles. The molecule has 6 heteroatoms. The van der Waals surface area contributed by atoms with Crippen molar-refractivity contribution in [1.29, 1.82) is 0 Å². The fourth-order valence-corrected chi connectivity index (χ4v) is 3.71. The van der Waals surface area contributed by atoms with E-state index in [0.717, 1.165) is 26.1 Å². The largest absolute Gasteiger partial charge is 0.507 e. The van der Waals surface area contributed by atoms with Crippen LogP contribution < -0.4 is 0 Å². The van der Waals surface area contributed by atoms with Crippen LogP contribution in [0, 0.1) is 0 Å². The van der Waals surface area contributed by atoms with Crippen LogP contribution >= 0.6 is 0 Å². The summed E-state index contributed by atoms with van der Waals surface area (Å²) in [4.78, 5) is 33.9. The highest BCUT2D eigenvalue weighted by Gasteiger charge is 2.46. The van der Waals surface area contributed by atoms with E-state index in [-0.39, 0.29) is 11.3 Å². The van der Waals surface area contributed by atoms with Gasteiger partial charge in [0.25, 0.3) is 11.7 Å². The molecule has 0 unspecified atom stereocenters. The molecule has 152 valence electrons. The molecule has 1 N–H and O–H groups in total. The number of hydrogen-bond donors (Lipinski definition) is 1. The fraction of sp³-hybridized carbons (Fsp3) is 0.348. The lowest BCUT2D eigenvalue weighted by Crippen LogP contribution is -2.33. The molecule has 1 saturated heterocycles. The molecule has 1 atom stereocenters. The predicted molar refractivity (Wildman–Crippen MR) is 112 cm³/mol. The molecule has 2 aromatic rings. The number of aliphatic hydroxyl groups is 1. The molecular formula is C23H27N3O3. The molecule has 0 spiro atoms. The molecule has 1 aromatic carbocycles. The van der Waals surface area contributed by atoms with Crippen LogP contribution in [0.25, 0.3) is 5.76 Å². The monoisotopic (exact) mass is 393 g/mol. The number of nitrogens with zero attached hydrogens (tertiary/aromatic N) is 3. The van der Waals surface area contributed by atoms with E-state index in [2.05, 4.69) is 23.7 Å². The maximum absolute atomic E-state index is 12.9. The van der Waals surface area contributed by atoms with Crippen LogP contribution in [0.3, 0.4) is 0 Å². The normalized spacial score (nSPS) is 18.6. The Morgan fingerprint density at radius 2 is 1.76 bits per heavy atom. The summed E-state index contributed by atoms with van der Waals surface area (Å²) < 4.78 is 0. The number of amides is 1. The average Bonchev–Trinajstić information content (AvgIpc) is 3.02. The Morgan fingerprint density at radius 1 is 1.07 bits per heavy atom. The summed E-state index contributed by atoms with van der Waals surface area (Å²) in [5.41, 5.74) is 1.18. The number of carbonyl (C=O) groups is 2. The number of ketones is 1. The van der Waals surface area contributed by atoms with Crippen LogP contribution in [-0.4, -0.2) is 57.8 Å². The second-order valence-electron chi connectivity index (χ2n) is 6.99. The lowest BCUT2D eigenvalue weighted by atomic mass is 9.98. The molecule has 29 heavy (non-hydrogen) atoms. The third kappa shape index (κ3) is 4.38. The lowest BCUT2D eigenvalue weighted by molar-refractivity contribution is -0.140. The molecule has 0 saturated carbocycles. The number of carbonyl (C=O) groups excluding carboxylic acids is 2. The van der Waals surface area contributed by atoms with Gasteiger partial charge in [0.1, 0.15) is 11.8 Å². The molecular weight excluding hydrogens is 366 g/mol. The van der Waals surface area contributed by atoms with Gasteiger partial charge < -0.3 is 14.9 Å². The smallest absolute Gasteiger partial charge is 0.295 e. The number of benzene rings is 1. The molecule has 0 aliphatic carbocycles. The Hall–Kier alpha value is -2.99. The van der Waals surface area contributed by atoms with Gasteiger partial charge in [-0.15, -0.1) is 0 Å². The fourth-order valence-electron chi connectivity index (χ4n) is 3.71. The first-order valence-electron chi connectivity index (χ1n) is 10.1. The SMILES string of the molecule is CCN(CC)CCCN1C(=O)C(=O)C(=C(O)c2ccccc2)[C@H]1c1ccccn1. The third-order valence-electron chi connectivity index (χ3n) is 5.32. The van der Waals surface area contributed by atoms with Crippen molar-refractivity contribution >= 4 is 17.4 Å². The Morgan fingerprint density at radius 3 is 2.38 bits per heavy atom. The second-order valence-corrected chi connectivity index (χ2v) is 6.99. The summed E-state index contributed by atoms with van der Waals surface area (Å²) in [5.74, 6) is -1.41. The summed E-state index contributed by atoms with van der Waals surface area (Å²) in [6.07, 6.45) is 2.37. The van der Waals surface area contributed by atoms with Crippen LogP contribution in [0.5, 0.6) is 0 Å². The van der Waals surface area contributed by atoms with Crippen molar-refractivity contribution in [1.82, 2.24) is 14.8 Å². The van der Waals surface area contributed by atoms with Gasteiger partial charge in [0.05, 0.1) is 11.3 Å². The van der Waals surface area contributed by atoms with E-state index >= 15 is 0 Å². The number of hydrogen-bond acceptors (Lipinski definition) is 5. The number of likely N-dealkylation sites (tertiary alicyclic amines) is 1. The minimum absolute atomic E-state index is 0.0998. The van der Waals surface area contributed by atoms with Gasteiger partial charge in [-0.25, -0.2) is 0 Å². The van der Waals surface area contributed by atoms with E-state index in [4.69, 9.17) is 0 Å². The maximum atomic E-state index is 12.9. The van der Waals surface area contributed by atoms with Gasteiger partial charge in [0, 0.05) is 18.3 Å². The van der Waals surface area contributed by atoms with E-state index in [0.29, 0.717) is 17.8 Å². The number of aliphatic hydroxyl groups excluding tert-OH is 1. The second kappa shape index (κ2) is 9.47. The van der Waals surface area contributed by atoms with Crippen LogP contribution in [0.2, 0.25) is 0 Å². The highest BCUT2D eigenvalue weighted by atomic mass is 16.3. The van der Waals surface area contributed by atoms with Crippen molar-refractivity contribution in [2.24, 2.45) is 0 Å². The predicted octanol–water partition coefficient (Wildman–Crippen LogP) is 3.24. The third-order valence-corrected chi connectivity index (χ3v) is 5.32. The van der Waals surface area contributed by atoms with E-state index in [1.165, 1.54) is 0 Å². The molecule has 0 bridgehead atoms. The molecule has 0 radical (unpaired) electrons. The van der Waals surface area contributed by atoms with Crippen LogP contribution in [0.4, 0.5) is 0 Å². The standard InChI is InChI=1S/C23H27N3O3/c1-3-25(4-2)15-10-16-26-20(18-13-8-9-14-24-18)19(22(28)23(26)29)21(27)17-11-6-5-7-12-17/h5-9,11-14,20,27H,3-4,10,15-16H2,1-2H3/t20-/m1/s1. The first-order chi connectivity index (χ1) is 14.1. The van der Waals surface area contributed by atoms with Crippen molar-refractivity contribution < 1.29 is 14.7 Å². The highest BCUT2D eigenvalue weighted by Crippen LogP contribution is 2.38. The molecule has 1 amide bonds. The maximum Gasteiger partial charge on any atom is 0.295 e. The van der Waals surface area contributed by atoms with Gasteiger partial charge in [0.15, 0.2) is 0 Å². The van der Waals surface area contributed by atoms with Crippen molar-refractivity contribution in [3.8, 4) is 0 Å². The molecule has 1 aliphatic rings. The Labute approximate surface area is 171 Å². The van der Waals surface area contributed by atoms with Crippen LogP contribution in [-0.2, 0) is 9.59 Å². The molecule has 1 aromatic heterocycles. The van der Waals surface area contributed by atoms with Gasteiger partial charge in [-0.2, -0.15) is 0 Å². The van der Waals surface area contributed by atoms with E-state index in [9.17, 15) is 14.7 Å².